The van der Waals surface area contributed by atoms with Crippen molar-refractivity contribution in [3.8, 4) is 0 Å². The van der Waals surface area contributed by atoms with Crippen LogP contribution in [0, 0.1) is 24.7 Å². The molecule has 4 aliphatic rings. The van der Waals surface area contributed by atoms with Crippen LogP contribution in [0.15, 0.2) is 52.2 Å². The molecule has 4 aliphatic heterocycles. The minimum Gasteiger partial charge on any atom is -0.462 e. The maximum absolute atomic E-state index is 13.9. The number of rotatable bonds is 22. The first-order valence-electron chi connectivity index (χ1n) is 23.9. The molecule has 0 amide bonds. The Hall–Kier alpha value is -3.54. The number of fused-ring (bicyclic) bond motifs is 4. The Morgan fingerprint density at radius 1 is 0.935 bits per heavy atom. The minimum absolute atomic E-state index is 0.0425. The van der Waals surface area contributed by atoms with Gasteiger partial charge in [0, 0.05) is 45.1 Å². The van der Waals surface area contributed by atoms with Crippen LogP contribution in [0.4, 0.5) is 0 Å². The van der Waals surface area contributed by atoms with Gasteiger partial charge in [-0.1, -0.05) is 128 Å². The van der Waals surface area contributed by atoms with Gasteiger partial charge < -0.3 is 32.8 Å². The Balaban J connectivity index is 1.27. The topological polar surface area (TPSA) is 139 Å². The molecular formula is C51H77NO10. The van der Waals surface area contributed by atoms with Crippen molar-refractivity contribution < 1.29 is 47.2 Å². The van der Waals surface area contributed by atoms with Gasteiger partial charge in [0.25, 0.3) is 0 Å². The van der Waals surface area contributed by atoms with Crippen LogP contribution in [0.25, 0.3) is 6.08 Å². The van der Waals surface area contributed by atoms with Crippen molar-refractivity contribution in [2.75, 3.05) is 7.11 Å². The number of aromatic nitrogens is 1. The lowest BCUT2D eigenvalue weighted by Crippen LogP contribution is -2.43. The zero-order chi connectivity index (χ0) is 44.6. The van der Waals surface area contributed by atoms with Crippen LogP contribution in [0.3, 0.4) is 0 Å². The molecule has 0 N–H and O–H groups in total. The number of esters is 3. The third kappa shape index (κ3) is 15.3. The summed E-state index contributed by atoms with van der Waals surface area (Å²) >= 11 is 0. The van der Waals surface area contributed by atoms with E-state index in [1.807, 2.05) is 71.9 Å². The molecule has 1 aromatic rings. The summed E-state index contributed by atoms with van der Waals surface area (Å²) in [5.74, 6) is -0.712. The summed E-state index contributed by atoms with van der Waals surface area (Å²) in [7, 11) is 1.65. The predicted molar refractivity (Wildman–Crippen MR) is 240 cm³/mol. The second kappa shape index (κ2) is 24.5. The summed E-state index contributed by atoms with van der Waals surface area (Å²) in [5.41, 5.74) is 1.83. The number of unbranched alkanes of at least 4 members (excludes halogenated alkanes) is 12. The highest BCUT2D eigenvalue weighted by Gasteiger charge is 2.59. The lowest BCUT2D eigenvalue weighted by Gasteiger charge is -2.34. The number of methoxy groups -OCH3 is 1. The van der Waals surface area contributed by atoms with Gasteiger partial charge in [0.1, 0.15) is 42.0 Å². The maximum Gasteiger partial charge on any atom is 0.338 e. The zero-order valence-electron chi connectivity index (χ0n) is 39.1. The molecule has 5 rings (SSSR count). The Kier molecular flexibility index (Phi) is 19.6. The average Bonchev–Trinajstić information content (AvgIpc) is 4.11. The van der Waals surface area contributed by atoms with E-state index < -0.39 is 36.0 Å². The van der Waals surface area contributed by atoms with Gasteiger partial charge in [-0.25, -0.2) is 9.78 Å². The van der Waals surface area contributed by atoms with Gasteiger partial charge in [-0.05, 0) is 63.2 Å². The Morgan fingerprint density at radius 3 is 2.24 bits per heavy atom. The fraction of sp³-hybridized carbons (Fsp3) is 0.725. The number of epoxide rings is 2. The largest absolute Gasteiger partial charge is 0.462 e. The Morgan fingerprint density at radius 2 is 1.60 bits per heavy atom. The van der Waals surface area contributed by atoms with Gasteiger partial charge >= 0.3 is 17.9 Å². The van der Waals surface area contributed by atoms with Crippen LogP contribution in [0.1, 0.15) is 169 Å². The number of nitrogens with zero attached hydrogens (tertiary/aromatic N) is 1. The fourth-order valence-corrected chi connectivity index (χ4v) is 9.29. The predicted octanol–water partition coefficient (Wildman–Crippen LogP) is 11.1. The highest BCUT2D eigenvalue weighted by Crippen LogP contribution is 2.46. The van der Waals surface area contributed by atoms with Gasteiger partial charge in [0.15, 0.2) is 12.0 Å². The van der Waals surface area contributed by atoms with E-state index in [-0.39, 0.29) is 54.4 Å². The normalized spacial score (nSPS) is 30.8. The van der Waals surface area contributed by atoms with E-state index in [1.165, 1.54) is 64.2 Å². The molecule has 0 saturated carbocycles. The molecule has 5 heterocycles. The average molecular weight is 864 g/mol. The van der Waals surface area contributed by atoms with E-state index >= 15 is 0 Å². The first-order valence-corrected chi connectivity index (χ1v) is 23.9. The fourth-order valence-electron chi connectivity index (χ4n) is 9.29. The lowest BCUT2D eigenvalue weighted by atomic mass is 9.84. The van der Waals surface area contributed by atoms with Crippen molar-refractivity contribution in [2.45, 2.75) is 212 Å². The third-order valence-corrected chi connectivity index (χ3v) is 13.4. The molecule has 346 valence electrons. The standard InChI is InChI=1S/C51H77NO10/c1-9-10-11-12-13-14-15-16-17-18-19-20-21-25-46(53)61-45-32-42(37(5)48(56-8)36(4)24-22-23-34(2)28-40-33-57-38(6)52-40)60-50(55)49-43(59-49)30-39-29-41(58-47(54)31-39)35(3)26-27-44-51(45,7)62-44/h22-24,26-28,33,35,37,39,41-45,48-49H,9-21,25,29-32H2,1-8H3/b23-22+,27-26-,34-28+,36-24+/t35-,37+,39+,41-,42+,43+,44-,45+,48+,49+,51-/m1/s1. The molecule has 1 aromatic heterocycles. The quantitative estimate of drug-likeness (QED) is 0.0275. The van der Waals surface area contributed by atoms with Crippen LogP contribution in [0.5, 0.6) is 0 Å². The monoisotopic (exact) mass is 864 g/mol. The molecule has 3 fully saturated rings. The number of carbonyl (C=O) groups is 3. The van der Waals surface area contributed by atoms with Gasteiger partial charge in [0.05, 0.1) is 12.2 Å². The summed E-state index contributed by atoms with van der Waals surface area (Å²) < 4.78 is 42.3. The van der Waals surface area contributed by atoms with Crippen molar-refractivity contribution in [1.82, 2.24) is 4.98 Å². The Labute approximate surface area is 371 Å². The van der Waals surface area contributed by atoms with Crippen molar-refractivity contribution in [3.05, 3.63) is 59.4 Å². The van der Waals surface area contributed by atoms with Crippen LogP contribution < -0.4 is 0 Å². The van der Waals surface area contributed by atoms with Crippen LogP contribution in [0.2, 0.25) is 0 Å². The molecular weight excluding hydrogens is 787 g/mol. The second-order valence-electron chi connectivity index (χ2n) is 18.8. The van der Waals surface area contributed by atoms with E-state index in [0.717, 1.165) is 36.1 Å². The number of allylic oxidation sites excluding steroid dienone is 4. The molecule has 11 nitrogen and oxygen atoms in total. The number of hydrogen-bond acceptors (Lipinski definition) is 11. The first kappa shape index (κ1) is 49.5. The molecule has 0 radical (unpaired) electrons. The highest BCUT2D eigenvalue weighted by molar-refractivity contribution is 5.78. The van der Waals surface area contributed by atoms with Crippen LogP contribution >= 0.6 is 0 Å². The number of ether oxygens (including phenoxy) is 6. The van der Waals surface area contributed by atoms with Gasteiger partial charge in [0.2, 0.25) is 0 Å². The third-order valence-electron chi connectivity index (χ3n) is 13.4. The molecule has 3 saturated heterocycles. The summed E-state index contributed by atoms with van der Waals surface area (Å²) in [5, 5.41) is 0. The van der Waals surface area contributed by atoms with Crippen molar-refractivity contribution in [2.24, 2.45) is 17.8 Å². The number of hydrogen-bond donors (Lipinski definition) is 0. The molecule has 0 aromatic carbocycles. The molecule has 11 atom stereocenters. The molecule has 0 unspecified atom stereocenters. The van der Waals surface area contributed by atoms with Gasteiger partial charge in [-0.15, -0.1) is 0 Å². The van der Waals surface area contributed by atoms with E-state index in [1.54, 1.807) is 13.4 Å². The molecule has 2 bridgehead atoms. The van der Waals surface area contributed by atoms with Crippen molar-refractivity contribution in [3.63, 3.8) is 0 Å². The van der Waals surface area contributed by atoms with E-state index in [2.05, 4.69) is 18.0 Å². The van der Waals surface area contributed by atoms with Gasteiger partial charge in [-0.2, -0.15) is 0 Å². The minimum atomic E-state index is -0.851. The van der Waals surface area contributed by atoms with E-state index in [4.69, 9.17) is 32.8 Å². The van der Waals surface area contributed by atoms with Crippen LogP contribution in [-0.2, 0) is 42.8 Å². The molecule has 0 aliphatic carbocycles. The van der Waals surface area contributed by atoms with Gasteiger partial charge in [-0.3, -0.25) is 9.59 Å². The first-order chi connectivity index (χ1) is 29.8. The summed E-state index contributed by atoms with van der Waals surface area (Å²) in [4.78, 5) is 44.6. The van der Waals surface area contributed by atoms with Crippen LogP contribution in [-0.4, -0.2) is 78.3 Å². The zero-order valence-corrected chi connectivity index (χ0v) is 39.1. The highest BCUT2D eigenvalue weighted by atomic mass is 16.7. The second-order valence-corrected chi connectivity index (χ2v) is 18.8. The van der Waals surface area contributed by atoms with E-state index in [0.29, 0.717) is 31.6 Å². The molecule has 0 spiro atoms. The molecule has 11 heteroatoms. The number of oxazole rings is 1. The summed E-state index contributed by atoms with van der Waals surface area (Å²) in [6.07, 6.45) is 28.0. The van der Waals surface area contributed by atoms with E-state index in [9.17, 15) is 14.4 Å². The SMILES string of the molecule is CCCCCCCCCCCCCCCC(=O)O[C@H]1C[C@@H]([C@H](C)[C@@H](OC)/C(C)=C/C=C/C(C)=C/c2coc(C)n2)OC(=O)[C@H]2O[C@H]2C[C@H]2CC(=O)O[C@H](C2)[C@H](C)/C=C\[C@H]2O[C@@]12C. The number of cyclic esters (lactones) is 1. The summed E-state index contributed by atoms with van der Waals surface area (Å²) in [6.45, 7) is 14.1. The van der Waals surface area contributed by atoms with Crippen molar-refractivity contribution in [1.29, 1.82) is 0 Å². The lowest BCUT2D eigenvalue weighted by molar-refractivity contribution is -0.164. The number of carbonyl (C=O) groups excluding carboxylic acids is 3. The molecule has 62 heavy (non-hydrogen) atoms. The maximum atomic E-state index is 13.9. The Bertz CT molecular complexity index is 1710. The van der Waals surface area contributed by atoms with Crippen molar-refractivity contribution >= 4 is 24.0 Å². The summed E-state index contributed by atoms with van der Waals surface area (Å²) in [6, 6.07) is 0. The smallest absolute Gasteiger partial charge is 0.338 e. The number of aryl methyl sites for hydroxylation is 1.